The third-order valence-electron chi connectivity index (χ3n) is 3.59. The van der Waals surface area contributed by atoms with Crippen LogP contribution in [0, 0.1) is 0 Å². The predicted molar refractivity (Wildman–Crippen MR) is 79.0 cm³/mol. The summed E-state index contributed by atoms with van der Waals surface area (Å²) in [6.45, 7) is 5.16. The molecule has 3 nitrogen and oxygen atoms in total. The van der Waals surface area contributed by atoms with Gasteiger partial charge >= 0.3 is 0 Å². The maximum Gasteiger partial charge on any atom is 0.192 e. The van der Waals surface area contributed by atoms with E-state index >= 15 is 0 Å². The molecule has 0 aliphatic carbocycles. The lowest BCUT2D eigenvalue weighted by Gasteiger charge is -2.32. The van der Waals surface area contributed by atoms with Gasteiger partial charge in [0.1, 0.15) is 0 Å². The molecule has 98 valence electrons. The van der Waals surface area contributed by atoms with E-state index in [-0.39, 0.29) is 0 Å². The molecule has 18 heavy (non-hydrogen) atoms. The normalized spacial score (nSPS) is 20.9. The molecule has 0 fully saturated rings. The number of thioether (sulfide) groups is 1. The van der Waals surface area contributed by atoms with Crippen molar-refractivity contribution in [3.63, 3.8) is 0 Å². The van der Waals surface area contributed by atoms with Gasteiger partial charge < -0.3 is 10.6 Å². The fourth-order valence-corrected chi connectivity index (χ4v) is 2.74. The zero-order chi connectivity index (χ0) is 13.1. The molecule has 1 aliphatic rings. The number of aliphatic imine (C=N–C) groups is 1. The number of hydrogen-bond donors (Lipinski definition) is 1. The summed E-state index contributed by atoms with van der Waals surface area (Å²) >= 11 is 1.77. The summed E-state index contributed by atoms with van der Waals surface area (Å²) in [5, 5.41) is 0. The lowest BCUT2D eigenvalue weighted by molar-refractivity contribution is 0.268. The van der Waals surface area contributed by atoms with Crippen LogP contribution >= 0.6 is 11.8 Å². The molecule has 0 saturated carbocycles. The summed E-state index contributed by atoms with van der Waals surface area (Å²) in [5.41, 5.74) is 7.31. The Hall–Kier alpha value is -1.16. The molecule has 0 aromatic heterocycles. The monoisotopic (exact) mass is 263 g/mol. The van der Waals surface area contributed by atoms with E-state index in [4.69, 9.17) is 5.73 Å². The van der Waals surface area contributed by atoms with Gasteiger partial charge in [0.25, 0.3) is 0 Å². The Kier molecular flexibility index (Phi) is 4.17. The fourth-order valence-electron chi connectivity index (χ4n) is 2.33. The molecule has 0 radical (unpaired) electrons. The third-order valence-corrected chi connectivity index (χ3v) is 4.34. The van der Waals surface area contributed by atoms with Crippen LogP contribution < -0.4 is 5.73 Å². The van der Waals surface area contributed by atoms with Crippen molar-refractivity contribution < 1.29 is 0 Å². The molecule has 1 aromatic rings. The van der Waals surface area contributed by atoms with Gasteiger partial charge in [-0.15, -0.1) is 11.8 Å². The van der Waals surface area contributed by atoms with E-state index < -0.39 is 0 Å². The highest BCUT2D eigenvalue weighted by molar-refractivity contribution is 7.98. The number of nitrogens with zero attached hydrogens (tertiary/aromatic N) is 2. The lowest BCUT2D eigenvalue weighted by Crippen LogP contribution is -2.42. The van der Waals surface area contributed by atoms with Crippen LogP contribution in [0.4, 0.5) is 0 Å². The van der Waals surface area contributed by atoms with Crippen molar-refractivity contribution in [3.8, 4) is 0 Å². The zero-order valence-electron chi connectivity index (χ0n) is 11.3. The minimum absolute atomic E-state index is 0.302. The van der Waals surface area contributed by atoms with Crippen molar-refractivity contribution in [2.24, 2.45) is 10.7 Å². The van der Waals surface area contributed by atoms with Gasteiger partial charge in [0.2, 0.25) is 0 Å². The maximum atomic E-state index is 6.01. The molecule has 2 unspecified atom stereocenters. The topological polar surface area (TPSA) is 41.6 Å². The van der Waals surface area contributed by atoms with Crippen molar-refractivity contribution in [1.82, 2.24) is 4.90 Å². The first-order valence-corrected chi connectivity index (χ1v) is 7.62. The van der Waals surface area contributed by atoms with Crippen LogP contribution in [0.3, 0.4) is 0 Å². The highest BCUT2D eigenvalue weighted by Crippen LogP contribution is 2.29. The summed E-state index contributed by atoms with van der Waals surface area (Å²) in [6, 6.07) is 9.46. The number of hydrogen-bond acceptors (Lipinski definition) is 4. The molecular weight excluding hydrogens is 242 g/mol. The Morgan fingerprint density at radius 1 is 1.44 bits per heavy atom. The molecule has 2 atom stereocenters. The quantitative estimate of drug-likeness (QED) is 0.849. The zero-order valence-corrected chi connectivity index (χ0v) is 12.1. The average molecular weight is 263 g/mol. The molecule has 1 aliphatic heterocycles. The van der Waals surface area contributed by atoms with E-state index in [0.717, 1.165) is 13.0 Å². The second kappa shape index (κ2) is 5.65. The van der Waals surface area contributed by atoms with Crippen molar-refractivity contribution in [2.45, 2.75) is 37.2 Å². The highest BCUT2D eigenvalue weighted by Gasteiger charge is 2.30. The first kappa shape index (κ1) is 13.3. The molecule has 1 heterocycles. The van der Waals surface area contributed by atoms with Crippen molar-refractivity contribution in [2.75, 3.05) is 12.8 Å². The van der Waals surface area contributed by atoms with E-state index in [2.05, 4.69) is 54.3 Å². The minimum atomic E-state index is 0.302. The van der Waals surface area contributed by atoms with Gasteiger partial charge in [0.05, 0.1) is 12.6 Å². The van der Waals surface area contributed by atoms with Crippen LogP contribution in [-0.4, -0.2) is 29.7 Å². The maximum absolute atomic E-state index is 6.01. The molecule has 2 rings (SSSR count). The SMILES string of the molecule is CCC(C)N1C(N)=NCC1c1ccc(SC)cc1. The first-order chi connectivity index (χ1) is 8.67. The van der Waals surface area contributed by atoms with Gasteiger partial charge in [-0.2, -0.15) is 0 Å². The molecule has 0 amide bonds. The second-order valence-electron chi connectivity index (χ2n) is 4.65. The van der Waals surface area contributed by atoms with E-state index in [9.17, 15) is 0 Å². The number of rotatable bonds is 4. The summed E-state index contributed by atoms with van der Waals surface area (Å²) in [4.78, 5) is 7.94. The molecule has 2 N–H and O–H groups in total. The van der Waals surface area contributed by atoms with Gasteiger partial charge in [-0.3, -0.25) is 4.99 Å². The first-order valence-electron chi connectivity index (χ1n) is 6.39. The largest absolute Gasteiger partial charge is 0.370 e. The van der Waals surface area contributed by atoms with Crippen LogP contribution in [0.15, 0.2) is 34.2 Å². The van der Waals surface area contributed by atoms with Crippen molar-refractivity contribution in [3.05, 3.63) is 29.8 Å². The average Bonchev–Trinajstić information content (AvgIpc) is 2.80. The Morgan fingerprint density at radius 3 is 2.67 bits per heavy atom. The van der Waals surface area contributed by atoms with Crippen molar-refractivity contribution in [1.29, 1.82) is 0 Å². The van der Waals surface area contributed by atoms with E-state index in [0.29, 0.717) is 18.0 Å². The third kappa shape index (κ3) is 2.48. The molecular formula is C14H21N3S. The Balaban J connectivity index is 2.21. The summed E-state index contributed by atoms with van der Waals surface area (Å²) in [5.74, 6) is 0.684. The molecule has 0 bridgehead atoms. The van der Waals surface area contributed by atoms with E-state index in [1.54, 1.807) is 11.8 Å². The van der Waals surface area contributed by atoms with Gasteiger partial charge in [-0.1, -0.05) is 19.1 Å². The van der Waals surface area contributed by atoms with Gasteiger partial charge in [-0.05, 0) is 37.3 Å². The van der Waals surface area contributed by atoms with Gasteiger partial charge in [0.15, 0.2) is 5.96 Å². The van der Waals surface area contributed by atoms with Crippen LogP contribution in [0.25, 0.3) is 0 Å². The Morgan fingerprint density at radius 2 is 2.11 bits per heavy atom. The smallest absolute Gasteiger partial charge is 0.192 e. The predicted octanol–water partition coefficient (Wildman–Crippen LogP) is 2.88. The van der Waals surface area contributed by atoms with E-state index in [1.807, 2.05) is 0 Å². The van der Waals surface area contributed by atoms with Crippen LogP contribution in [0.2, 0.25) is 0 Å². The van der Waals surface area contributed by atoms with Gasteiger partial charge in [0, 0.05) is 10.9 Å². The lowest BCUT2D eigenvalue weighted by atomic mass is 10.0. The molecule has 4 heteroatoms. The minimum Gasteiger partial charge on any atom is -0.370 e. The summed E-state index contributed by atoms with van der Waals surface area (Å²) in [7, 11) is 0. The summed E-state index contributed by atoms with van der Waals surface area (Å²) < 4.78 is 0. The van der Waals surface area contributed by atoms with Crippen LogP contribution in [-0.2, 0) is 0 Å². The summed E-state index contributed by atoms with van der Waals surface area (Å²) in [6.07, 6.45) is 3.17. The Bertz CT molecular complexity index is 427. The standard InChI is InChI=1S/C14H21N3S/c1-4-10(2)17-13(9-16-14(17)15)11-5-7-12(18-3)8-6-11/h5-8,10,13H,4,9H2,1-3H3,(H2,15,16). The second-order valence-corrected chi connectivity index (χ2v) is 5.53. The van der Waals surface area contributed by atoms with E-state index in [1.165, 1.54) is 10.5 Å². The number of benzene rings is 1. The number of guanidine groups is 1. The van der Waals surface area contributed by atoms with Gasteiger partial charge in [-0.25, -0.2) is 0 Å². The number of nitrogens with two attached hydrogens (primary N) is 1. The van der Waals surface area contributed by atoms with Crippen LogP contribution in [0.5, 0.6) is 0 Å². The van der Waals surface area contributed by atoms with Crippen LogP contribution in [0.1, 0.15) is 31.9 Å². The molecule has 1 aromatic carbocycles. The Labute approximate surface area is 113 Å². The molecule has 0 spiro atoms. The van der Waals surface area contributed by atoms with Crippen molar-refractivity contribution >= 4 is 17.7 Å². The highest BCUT2D eigenvalue weighted by atomic mass is 32.2. The fraction of sp³-hybridized carbons (Fsp3) is 0.500. The molecule has 0 saturated heterocycles.